The van der Waals surface area contributed by atoms with Crippen LogP contribution in [0.4, 0.5) is 0 Å². The van der Waals surface area contributed by atoms with Crippen LogP contribution in [0, 0.1) is 0 Å². The molecular formula is C11H15N3. The number of amidine groups is 1. The molecule has 2 N–H and O–H groups in total. The zero-order valence-corrected chi connectivity index (χ0v) is 8.40. The molecule has 0 saturated heterocycles. The molecule has 0 unspecified atom stereocenters. The molecule has 1 aliphatic heterocycles. The zero-order chi connectivity index (χ0) is 9.97. The van der Waals surface area contributed by atoms with Crippen LogP contribution >= 0.6 is 0 Å². The van der Waals surface area contributed by atoms with Gasteiger partial charge in [-0.1, -0.05) is 24.3 Å². The lowest BCUT2D eigenvalue weighted by atomic mass is 10.1. The quantitative estimate of drug-likeness (QED) is 0.749. The van der Waals surface area contributed by atoms with E-state index < -0.39 is 0 Å². The average molecular weight is 189 g/mol. The van der Waals surface area contributed by atoms with Gasteiger partial charge in [-0.2, -0.15) is 0 Å². The number of hydrogen-bond acceptors (Lipinski definition) is 3. The van der Waals surface area contributed by atoms with E-state index in [0.717, 1.165) is 24.5 Å². The molecule has 14 heavy (non-hydrogen) atoms. The third-order valence-electron chi connectivity index (χ3n) is 2.51. The molecule has 3 heteroatoms. The summed E-state index contributed by atoms with van der Waals surface area (Å²) in [5.41, 5.74) is 7.88. The lowest BCUT2D eigenvalue weighted by molar-refractivity contribution is 0.557. The topological polar surface area (TPSA) is 41.6 Å². The molecular weight excluding hydrogens is 174 g/mol. The second kappa shape index (κ2) is 3.80. The Morgan fingerprint density at radius 2 is 2.07 bits per heavy atom. The maximum atomic E-state index is 5.54. The Morgan fingerprint density at radius 3 is 2.57 bits per heavy atom. The summed E-state index contributed by atoms with van der Waals surface area (Å²) < 4.78 is 0. The molecule has 1 aliphatic rings. The molecule has 0 fully saturated rings. The minimum absolute atomic E-state index is 0.600. The monoisotopic (exact) mass is 189 g/mol. The number of rotatable bonds is 2. The molecule has 1 aromatic rings. The van der Waals surface area contributed by atoms with Crippen molar-refractivity contribution in [3.8, 4) is 0 Å². The second-order valence-corrected chi connectivity index (χ2v) is 3.53. The third-order valence-corrected chi connectivity index (χ3v) is 2.51. The summed E-state index contributed by atoms with van der Waals surface area (Å²) in [6.07, 6.45) is 0. The standard InChI is InChI=1S/C11H15N3/c1-14-7-6-13-11(14)10-4-2-9(8-12)3-5-10/h2-5H,6-8,12H2,1H3. The van der Waals surface area contributed by atoms with Gasteiger partial charge in [0.15, 0.2) is 0 Å². The van der Waals surface area contributed by atoms with E-state index in [1.807, 2.05) is 0 Å². The summed E-state index contributed by atoms with van der Waals surface area (Å²) in [6, 6.07) is 8.29. The molecule has 0 atom stereocenters. The van der Waals surface area contributed by atoms with Gasteiger partial charge in [0.1, 0.15) is 5.84 Å². The van der Waals surface area contributed by atoms with E-state index in [-0.39, 0.29) is 0 Å². The van der Waals surface area contributed by atoms with Crippen LogP contribution in [0.5, 0.6) is 0 Å². The zero-order valence-electron chi connectivity index (χ0n) is 8.40. The molecule has 0 spiro atoms. The lowest BCUT2D eigenvalue weighted by Crippen LogP contribution is -2.23. The molecule has 3 nitrogen and oxygen atoms in total. The molecule has 0 aliphatic carbocycles. The van der Waals surface area contributed by atoms with Crippen LogP contribution in [0.1, 0.15) is 11.1 Å². The summed E-state index contributed by atoms with van der Waals surface area (Å²) in [6.45, 7) is 2.53. The van der Waals surface area contributed by atoms with Gasteiger partial charge in [0.05, 0.1) is 6.54 Å². The highest BCUT2D eigenvalue weighted by atomic mass is 15.2. The van der Waals surface area contributed by atoms with E-state index in [9.17, 15) is 0 Å². The fourth-order valence-corrected chi connectivity index (χ4v) is 1.63. The second-order valence-electron chi connectivity index (χ2n) is 3.53. The fraction of sp³-hybridized carbons (Fsp3) is 0.364. The minimum Gasteiger partial charge on any atom is -0.358 e. The molecule has 0 radical (unpaired) electrons. The van der Waals surface area contributed by atoms with Crippen molar-refractivity contribution in [1.82, 2.24) is 4.90 Å². The summed E-state index contributed by atoms with van der Waals surface area (Å²) in [4.78, 5) is 6.63. The summed E-state index contributed by atoms with van der Waals surface area (Å²) in [5.74, 6) is 1.09. The normalized spacial score (nSPS) is 15.9. The van der Waals surface area contributed by atoms with E-state index in [1.54, 1.807) is 0 Å². The SMILES string of the molecule is CN1CCN=C1c1ccc(CN)cc1. The van der Waals surface area contributed by atoms with Gasteiger partial charge < -0.3 is 10.6 Å². The van der Waals surface area contributed by atoms with Gasteiger partial charge in [-0.05, 0) is 5.56 Å². The smallest absolute Gasteiger partial charge is 0.130 e. The third kappa shape index (κ3) is 1.63. The molecule has 0 bridgehead atoms. The van der Waals surface area contributed by atoms with E-state index in [1.165, 1.54) is 5.56 Å². The van der Waals surface area contributed by atoms with Crippen LogP contribution in [-0.2, 0) is 6.54 Å². The molecule has 0 saturated carbocycles. The van der Waals surface area contributed by atoms with Crippen molar-refractivity contribution in [2.45, 2.75) is 6.54 Å². The first kappa shape index (κ1) is 9.21. The van der Waals surface area contributed by atoms with Crippen molar-refractivity contribution in [1.29, 1.82) is 0 Å². The Hall–Kier alpha value is -1.35. The number of hydrogen-bond donors (Lipinski definition) is 1. The molecule has 0 amide bonds. The van der Waals surface area contributed by atoms with Gasteiger partial charge in [0.25, 0.3) is 0 Å². The average Bonchev–Trinajstić information content (AvgIpc) is 2.65. The molecule has 1 heterocycles. The predicted octanol–water partition coefficient (Wildman–Crippen LogP) is 0.837. The number of aliphatic imine (C=N–C) groups is 1. The van der Waals surface area contributed by atoms with E-state index >= 15 is 0 Å². The molecule has 1 aromatic carbocycles. The van der Waals surface area contributed by atoms with Gasteiger partial charge in [-0.15, -0.1) is 0 Å². The largest absolute Gasteiger partial charge is 0.358 e. The van der Waals surface area contributed by atoms with Crippen molar-refractivity contribution in [3.63, 3.8) is 0 Å². The van der Waals surface area contributed by atoms with Gasteiger partial charge in [0.2, 0.25) is 0 Å². The Morgan fingerprint density at radius 1 is 1.36 bits per heavy atom. The summed E-state index contributed by atoms with van der Waals surface area (Å²) in [7, 11) is 2.07. The highest BCUT2D eigenvalue weighted by Gasteiger charge is 2.13. The predicted molar refractivity (Wildman–Crippen MR) is 58.4 cm³/mol. The van der Waals surface area contributed by atoms with E-state index in [2.05, 4.69) is 41.2 Å². The lowest BCUT2D eigenvalue weighted by Gasteiger charge is -2.13. The van der Waals surface area contributed by atoms with Crippen molar-refractivity contribution >= 4 is 5.84 Å². The fourth-order valence-electron chi connectivity index (χ4n) is 1.63. The van der Waals surface area contributed by atoms with Crippen LogP contribution in [0.25, 0.3) is 0 Å². The maximum absolute atomic E-state index is 5.54. The van der Waals surface area contributed by atoms with Gasteiger partial charge >= 0.3 is 0 Å². The Bertz CT molecular complexity index is 340. The first-order valence-electron chi connectivity index (χ1n) is 4.86. The minimum atomic E-state index is 0.600. The summed E-state index contributed by atoms with van der Waals surface area (Å²) in [5, 5.41) is 0. The number of benzene rings is 1. The Balaban J connectivity index is 2.24. The van der Waals surface area contributed by atoms with Gasteiger partial charge in [-0.3, -0.25) is 4.99 Å². The number of likely N-dealkylation sites (N-methyl/N-ethyl adjacent to an activating group) is 1. The van der Waals surface area contributed by atoms with E-state index in [4.69, 9.17) is 5.73 Å². The molecule has 2 rings (SSSR count). The highest BCUT2D eigenvalue weighted by Crippen LogP contribution is 2.10. The van der Waals surface area contributed by atoms with Gasteiger partial charge in [-0.25, -0.2) is 0 Å². The van der Waals surface area contributed by atoms with Crippen LogP contribution in [0.2, 0.25) is 0 Å². The van der Waals surface area contributed by atoms with Crippen molar-refractivity contribution in [2.24, 2.45) is 10.7 Å². The maximum Gasteiger partial charge on any atom is 0.130 e. The number of nitrogens with two attached hydrogens (primary N) is 1. The number of nitrogens with zero attached hydrogens (tertiary/aromatic N) is 2. The van der Waals surface area contributed by atoms with Crippen LogP contribution < -0.4 is 5.73 Å². The van der Waals surface area contributed by atoms with Crippen LogP contribution in [0.3, 0.4) is 0 Å². The van der Waals surface area contributed by atoms with Crippen LogP contribution in [0.15, 0.2) is 29.3 Å². The molecule has 74 valence electrons. The van der Waals surface area contributed by atoms with E-state index in [0.29, 0.717) is 6.54 Å². The van der Waals surface area contributed by atoms with Crippen molar-refractivity contribution in [2.75, 3.05) is 20.1 Å². The van der Waals surface area contributed by atoms with Crippen LogP contribution in [-0.4, -0.2) is 30.9 Å². The van der Waals surface area contributed by atoms with Crippen molar-refractivity contribution in [3.05, 3.63) is 35.4 Å². The first-order chi connectivity index (χ1) is 6.81. The van der Waals surface area contributed by atoms with Crippen molar-refractivity contribution < 1.29 is 0 Å². The highest BCUT2D eigenvalue weighted by molar-refractivity contribution is 5.99. The first-order valence-corrected chi connectivity index (χ1v) is 4.86. The summed E-state index contributed by atoms with van der Waals surface area (Å²) >= 11 is 0. The Kier molecular flexibility index (Phi) is 2.50. The molecule has 0 aromatic heterocycles. The Labute approximate surface area is 84.2 Å². The van der Waals surface area contributed by atoms with Gasteiger partial charge in [0, 0.05) is 25.7 Å².